The fourth-order valence-corrected chi connectivity index (χ4v) is 3.21. The fraction of sp³-hybridized carbons (Fsp3) is 0.600. The van der Waals surface area contributed by atoms with E-state index in [0.717, 1.165) is 24.9 Å². The molecule has 0 aliphatic carbocycles. The van der Waals surface area contributed by atoms with Crippen molar-refractivity contribution >= 4 is 5.69 Å². The summed E-state index contributed by atoms with van der Waals surface area (Å²) in [5.41, 5.74) is 2.85. The number of fused-ring (bicyclic) bond motifs is 1. The molecule has 2 heterocycles. The van der Waals surface area contributed by atoms with E-state index >= 15 is 0 Å². The van der Waals surface area contributed by atoms with Gasteiger partial charge in [0.25, 0.3) is 0 Å². The number of methoxy groups -OCH3 is 1. The second-order valence-electron chi connectivity index (χ2n) is 5.47. The molecule has 3 nitrogen and oxygen atoms in total. The van der Waals surface area contributed by atoms with E-state index in [1.165, 1.54) is 37.1 Å². The van der Waals surface area contributed by atoms with Crippen LogP contribution in [0, 0.1) is 0 Å². The van der Waals surface area contributed by atoms with Crippen LogP contribution in [0.3, 0.4) is 0 Å². The summed E-state index contributed by atoms with van der Waals surface area (Å²) < 4.78 is 5.34. The van der Waals surface area contributed by atoms with Crippen LogP contribution in [0.15, 0.2) is 18.2 Å². The SMILES string of the molecule is COc1ccc2c(c1)N(C[C@@H]1CCCN1C)CC2. The second kappa shape index (κ2) is 4.81. The zero-order valence-electron chi connectivity index (χ0n) is 11.4. The Morgan fingerprint density at radius 3 is 2.94 bits per heavy atom. The Bertz CT molecular complexity index is 433. The number of hydrogen-bond acceptors (Lipinski definition) is 3. The van der Waals surface area contributed by atoms with Gasteiger partial charge in [0, 0.05) is 30.9 Å². The standard InChI is InChI=1S/C15H22N2O/c1-16-8-3-4-13(16)11-17-9-7-12-5-6-14(18-2)10-15(12)17/h5-6,10,13H,3-4,7-9,11H2,1-2H3/t13-/m0/s1. The molecule has 1 aromatic rings. The van der Waals surface area contributed by atoms with Crippen LogP contribution in [0.1, 0.15) is 18.4 Å². The third-order valence-electron chi connectivity index (χ3n) is 4.39. The Balaban J connectivity index is 1.76. The first-order chi connectivity index (χ1) is 8.78. The lowest BCUT2D eigenvalue weighted by molar-refractivity contribution is 0.312. The molecule has 1 atom stereocenters. The fourth-order valence-electron chi connectivity index (χ4n) is 3.21. The molecule has 0 bridgehead atoms. The van der Waals surface area contributed by atoms with E-state index in [4.69, 9.17) is 4.74 Å². The highest BCUT2D eigenvalue weighted by molar-refractivity contribution is 5.61. The number of ether oxygens (including phenoxy) is 1. The molecule has 0 aromatic heterocycles. The van der Waals surface area contributed by atoms with Gasteiger partial charge in [0.2, 0.25) is 0 Å². The molecule has 3 heteroatoms. The minimum atomic E-state index is 0.724. The average molecular weight is 246 g/mol. The zero-order valence-corrected chi connectivity index (χ0v) is 11.4. The zero-order chi connectivity index (χ0) is 12.5. The Labute approximate surface area is 109 Å². The smallest absolute Gasteiger partial charge is 0.120 e. The number of rotatable bonds is 3. The van der Waals surface area contributed by atoms with Gasteiger partial charge in [-0.2, -0.15) is 0 Å². The van der Waals surface area contributed by atoms with Crippen LogP contribution in [0.2, 0.25) is 0 Å². The van der Waals surface area contributed by atoms with Gasteiger partial charge in [0.1, 0.15) is 5.75 Å². The van der Waals surface area contributed by atoms with Gasteiger partial charge in [-0.3, -0.25) is 0 Å². The van der Waals surface area contributed by atoms with E-state index < -0.39 is 0 Å². The van der Waals surface area contributed by atoms with Crippen molar-refractivity contribution in [3.63, 3.8) is 0 Å². The normalized spacial score (nSPS) is 23.4. The molecule has 1 fully saturated rings. The summed E-state index contributed by atoms with van der Waals surface area (Å²) in [6, 6.07) is 7.20. The van der Waals surface area contributed by atoms with Gasteiger partial charge >= 0.3 is 0 Å². The Morgan fingerprint density at radius 2 is 2.22 bits per heavy atom. The van der Waals surface area contributed by atoms with Crippen molar-refractivity contribution in [3.05, 3.63) is 23.8 Å². The molecule has 2 aliphatic rings. The van der Waals surface area contributed by atoms with Gasteiger partial charge in [-0.15, -0.1) is 0 Å². The van der Waals surface area contributed by atoms with Crippen molar-refractivity contribution in [1.82, 2.24) is 4.90 Å². The van der Waals surface area contributed by atoms with E-state index in [9.17, 15) is 0 Å². The third kappa shape index (κ3) is 2.07. The van der Waals surface area contributed by atoms with Crippen LogP contribution in [-0.2, 0) is 6.42 Å². The molecule has 2 aliphatic heterocycles. The molecule has 0 N–H and O–H groups in total. The highest BCUT2D eigenvalue weighted by Crippen LogP contribution is 2.32. The number of benzene rings is 1. The average Bonchev–Trinajstić information content (AvgIpc) is 2.97. The summed E-state index contributed by atoms with van der Waals surface area (Å²) in [4.78, 5) is 5.03. The number of likely N-dealkylation sites (tertiary alicyclic amines) is 1. The summed E-state index contributed by atoms with van der Waals surface area (Å²) in [5, 5.41) is 0. The predicted molar refractivity (Wildman–Crippen MR) is 74.6 cm³/mol. The minimum absolute atomic E-state index is 0.724. The van der Waals surface area contributed by atoms with Gasteiger partial charge < -0.3 is 14.5 Å². The van der Waals surface area contributed by atoms with E-state index in [1.54, 1.807) is 7.11 Å². The quantitative estimate of drug-likeness (QED) is 0.813. The second-order valence-corrected chi connectivity index (χ2v) is 5.47. The molecule has 98 valence electrons. The molecule has 0 saturated carbocycles. The van der Waals surface area contributed by atoms with Crippen LogP contribution in [0.5, 0.6) is 5.75 Å². The Morgan fingerprint density at radius 1 is 1.33 bits per heavy atom. The van der Waals surface area contributed by atoms with Crippen molar-refractivity contribution < 1.29 is 4.74 Å². The summed E-state index contributed by atoms with van der Waals surface area (Å²) in [6.45, 7) is 3.58. The van der Waals surface area contributed by atoms with Crippen LogP contribution in [0.4, 0.5) is 5.69 Å². The Kier molecular flexibility index (Phi) is 3.16. The van der Waals surface area contributed by atoms with Gasteiger partial charge in [-0.05, 0) is 44.5 Å². The van der Waals surface area contributed by atoms with Gasteiger partial charge in [-0.1, -0.05) is 6.07 Å². The first kappa shape index (κ1) is 11.8. The van der Waals surface area contributed by atoms with Crippen molar-refractivity contribution in [2.45, 2.75) is 25.3 Å². The molecule has 1 aromatic carbocycles. The van der Waals surface area contributed by atoms with Crippen molar-refractivity contribution in [3.8, 4) is 5.75 Å². The largest absolute Gasteiger partial charge is 0.497 e. The van der Waals surface area contributed by atoms with Crippen LogP contribution in [0.25, 0.3) is 0 Å². The molecule has 3 rings (SSSR count). The lowest BCUT2D eigenvalue weighted by atomic mass is 10.1. The molecular weight excluding hydrogens is 224 g/mol. The number of nitrogens with zero attached hydrogens (tertiary/aromatic N) is 2. The van der Waals surface area contributed by atoms with Gasteiger partial charge in [0.05, 0.1) is 7.11 Å². The molecule has 0 amide bonds. The van der Waals surface area contributed by atoms with Crippen molar-refractivity contribution in [1.29, 1.82) is 0 Å². The summed E-state index contributed by atoms with van der Waals surface area (Å²) in [7, 11) is 3.99. The predicted octanol–water partition coefficient (Wildman–Crippen LogP) is 2.15. The lowest BCUT2D eigenvalue weighted by Crippen LogP contribution is -2.37. The number of anilines is 1. The van der Waals surface area contributed by atoms with Gasteiger partial charge in [-0.25, -0.2) is 0 Å². The third-order valence-corrected chi connectivity index (χ3v) is 4.39. The molecule has 0 unspecified atom stereocenters. The maximum absolute atomic E-state index is 5.34. The number of likely N-dealkylation sites (N-methyl/N-ethyl adjacent to an activating group) is 1. The first-order valence-electron chi connectivity index (χ1n) is 6.90. The first-order valence-corrected chi connectivity index (χ1v) is 6.90. The van der Waals surface area contributed by atoms with Crippen molar-refractivity contribution in [2.24, 2.45) is 0 Å². The highest BCUT2D eigenvalue weighted by atomic mass is 16.5. The minimum Gasteiger partial charge on any atom is -0.497 e. The highest BCUT2D eigenvalue weighted by Gasteiger charge is 2.27. The molecular formula is C15H22N2O. The van der Waals surface area contributed by atoms with Crippen LogP contribution < -0.4 is 9.64 Å². The van der Waals surface area contributed by atoms with E-state index in [0.29, 0.717) is 0 Å². The van der Waals surface area contributed by atoms with E-state index in [1.807, 2.05) is 0 Å². The summed E-state index contributed by atoms with van der Waals surface area (Å²) in [5.74, 6) is 0.973. The molecule has 0 radical (unpaired) electrons. The Hall–Kier alpha value is -1.22. The topological polar surface area (TPSA) is 15.7 Å². The van der Waals surface area contributed by atoms with Gasteiger partial charge in [0.15, 0.2) is 0 Å². The maximum atomic E-state index is 5.34. The van der Waals surface area contributed by atoms with Crippen molar-refractivity contribution in [2.75, 3.05) is 38.7 Å². The molecule has 0 spiro atoms. The van der Waals surface area contributed by atoms with Crippen LogP contribution >= 0.6 is 0 Å². The van der Waals surface area contributed by atoms with Crippen LogP contribution in [-0.4, -0.2) is 44.7 Å². The van der Waals surface area contributed by atoms with E-state index in [2.05, 4.69) is 35.0 Å². The number of hydrogen-bond donors (Lipinski definition) is 0. The molecule has 18 heavy (non-hydrogen) atoms. The maximum Gasteiger partial charge on any atom is 0.120 e. The van der Waals surface area contributed by atoms with E-state index in [-0.39, 0.29) is 0 Å². The molecule has 1 saturated heterocycles. The summed E-state index contributed by atoms with van der Waals surface area (Å²) >= 11 is 0. The monoisotopic (exact) mass is 246 g/mol. The summed E-state index contributed by atoms with van der Waals surface area (Å²) in [6.07, 6.45) is 3.86. The lowest BCUT2D eigenvalue weighted by Gasteiger charge is -2.27.